The summed E-state index contributed by atoms with van der Waals surface area (Å²) >= 11 is 9.86. The Balaban J connectivity index is 2.61. The largest absolute Gasteiger partial charge is 0.492 e. The summed E-state index contributed by atoms with van der Waals surface area (Å²) in [4.78, 5) is 0. The fraction of sp³-hybridized carbons (Fsp3) is 0.571. The van der Waals surface area contributed by atoms with E-state index in [1.54, 1.807) is 14.2 Å². The lowest BCUT2D eigenvalue weighted by Gasteiger charge is -2.36. The Bertz CT molecular complexity index is 473. The molecule has 0 amide bonds. The van der Waals surface area contributed by atoms with Gasteiger partial charge in [0.1, 0.15) is 0 Å². The molecule has 0 saturated heterocycles. The number of rotatable bonds is 3. The van der Waals surface area contributed by atoms with Crippen molar-refractivity contribution in [2.45, 2.75) is 37.6 Å². The highest BCUT2D eigenvalue weighted by atomic mass is 79.9. The molecule has 0 aliphatic heterocycles. The zero-order valence-corrected chi connectivity index (χ0v) is 13.6. The van der Waals surface area contributed by atoms with E-state index in [1.165, 1.54) is 6.42 Å². The third-order valence-corrected chi connectivity index (χ3v) is 4.68. The lowest BCUT2D eigenvalue weighted by Crippen LogP contribution is -2.39. The number of ether oxygens (including phenoxy) is 2. The Morgan fingerprint density at radius 3 is 2.26 bits per heavy atom. The Morgan fingerprint density at radius 1 is 1.16 bits per heavy atom. The fourth-order valence-electron chi connectivity index (χ4n) is 2.86. The van der Waals surface area contributed by atoms with Gasteiger partial charge in [0.2, 0.25) is 0 Å². The molecular weight excluding hydrogens is 330 g/mol. The Kier molecular flexibility index (Phi) is 4.64. The Morgan fingerprint density at radius 2 is 1.74 bits per heavy atom. The molecule has 5 heteroatoms. The minimum Gasteiger partial charge on any atom is -0.492 e. The highest BCUT2D eigenvalue weighted by molar-refractivity contribution is 9.10. The normalized spacial score (nSPS) is 18.2. The molecule has 19 heavy (non-hydrogen) atoms. The van der Waals surface area contributed by atoms with Gasteiger partial charge in [0, 0.05) is 11.1 Å². The lowest BCUT2D eigenvalue weighted by molar-refractivity contribution is 0.282. The predicted octanol–water partition coefficient (Wildman–Crippen LogP) is 4.24. The van der Waals surface area contributed by atoms with Crippen LogP contribution in [0.25, 0.3) is 0 Å². The van der Waals surface area contributed by atoms with Crippen molar-refractivity contribution in [1.29, 1.82) is 0 Å². The molecule has 2 N–H and O–H groups in total. The van der Waals surface area contributed by atoms with Crippen LogP contribution in [0.3, 0.4) is 0 Å². The van der Waals surface area contributed by atoms with Crippen molar-refractivity contribution < 1.29 is 9.47 Å². The van der Waals surface area contributed by atoms with E-state index in [-0.39, 0.29) is 0 Å². The first-order valence-electron chi connectivity index (χ1n) is 6.43. The van der Waals surface area contributed by atoms with E-state index in [0.717, 1.165) is 35.7 Å². The van der Waals surface area contributed by atoms with Gasteiger partial charge < -0.3 is 15.2 Å². The monoisotopic (exact) mass is 347 g/mol. The van der Waals surface area contributed by atoms with Gasteiger partial charge in [0.25, 0.3) is 0 Å². The van der Waals surface area contributed by atoms with Crippen LogP contribution in [0.5, 0.6) is 11.5 Å². The average Bonchev–Trinajstić information content (AvgIpc) is 2.38. The minimum absolute atomic E-state index is 0.422. The van der Waals surface area contributed by atoms with Crippen LogP contribution in [0, 0.1) is 0 Å². The molecule has 1 fully saturated rings. The van der Waals surface area contributed by atoms with Crippen LogP contribution in [0.15, 0.2) is 10.5 Å². The van der Waals surface area contributed by atoms with Gasteiger partial charge in [0.05, 0.1) is 23.7 Å². The van der Waals surface area contributed by atoms with E-state index in [4.69, 9.17) is 26.8 Å². The van der Waals surface area contributed by atoms with Gasteiger partial charge in [-0.05, 0) is 34.8 Å². The van der Waals surface area contributed by atoms with Crippen LogP contribution < -0.4 is 15.2 Å². The third kappa shape index (κ3) is 2.71. The van der Waals surface area contributed by atoms with Gasteiger partial charge in [-0.2, -0.15) is 0 Å². The van der Waals surface area contributed by atoms with Crippen molar-refractivity contribution in [3.8, 4) is 11.5 Å². The van der Waals surface area contributed by atoms with Crippen molar-refractivity contribution >= 4 is 27.5 Å². The number of nitrogens with two attached hydrogens (primary N) is 1. The van der Waals surface area contributed by atoms with Crippen LogP contribution in [-0.2, 0) is 5.54 Å². The van der Waals surface area contributed by atoms with Gasteiger partial charge in [-0.15, -0.1) is 0 Å². The standard InChI is InChI=1S/C14H19BrClNO2/c1-18-12-9(15)8-10(16)11(13(12)19-2)14(17)6-4-3-5-7-14/h8H,3-7,17H2,1-2H3. The molecule has 1 aromatic carbocycles. The van der Waals surface area contributed by atoms with Crippen LogP contribution >= 0.6 is 27.5 Å². The molecule has 0 bridgehead atoms. The minimum atomic E-state index is -0.422. The first-order valence-corrected chi connectivity index (χ1v) is 7.60. The summed E-state index contributed by atoms with van der Waals surface area (Å²) in [6.45, 7) is 0. The van der Waals surface area contributed by atoms with E-state index >= 15 is 0 Å². The molecule has 0 heterocycles. The molecule has 106 valence electrons. The van der Waals surface area contributed by atoms with E-state index in [1.807, 2.05) is 6.07 Å². The van der Waals surface area contributed by atoms with Crippen molar-refractivity contribution in [2.75, 3.05) is 14.2 Å². The maximum Gasteiger partial charge on any atom is 0.175 e. The number of methoxy groups -OCH3 is 2. The number of hydrogen-bond acceptors (Lipinski definition) is 3. The topological polar surface area (TPSA) is 44.5 Å². The van der Waals surface area contributed by atoms with Crippen LogP contribution in [0.4, 0.5) is 0 Å². The molecule has 0 radical (unpaired) electrons. The molecule has 1 aliphatic rings. The zero-order valence-electron chi connectivity index (χ0n) is 11.3. The molecule has 0 unspecified atom stereocenters. The molecule has 1 aromatic rings. The fourth-order valence-corrected chi connectivity index (χ4v) is 3.95. The highest BCUT2D eigenvalue weighted by Crippen LogP contribution is 2.49. The maximum atomic E-state index is 6.60. The van der Waals surface area contributed by atoms with Crippen molar-refractivity contribution in [2.24, 2.45) is 5.73 Å². The van der Waals surface area contributed by atoms with Gasteiger partial charge in [-0.1, -0.05) is 30.9 Å². The van der Waals surface area contributed by atoms with E-state index in [9.17, 15) is 0 Å². The summed E-state index contributed by atoms with van der Waals surface area (Å²) < 4.78 is 11.7. The SMILES string of the molecule is COc1c(Br)cc(Cl)c(C2(N)CCCCC2)c1OC. The second-order valence-corrected chi connectivity index (χ2v) is 6.26. The zero-order chi connectivity index (χ0) is 14.0. The molecule has 1 saturated carbocycles. The molecule has 0 aromatic heterocycles. The summed E-state index contributed by atoms with van der Waals surface area (Å²) in [5.41, 5.74) is 7.05. The summed E-state index contributed by atoms with van der Waals surface area (Å²) in [6.07, 6.45) is 5.32. The summed E-state index contributed by atoms with van der Waals surface area (Å²) in [6, 6.07) is 1.83. The summed E-state index contributed by atoms with van der Waals surface area (Å²) in [5.74, 6) is 1.29. The van der Waals surface area contributed by atoms with Crippen LogP contribution in [0.2, 0.25) is 5.02 Å². The lowest BCUT2D eigenvalue weighted by atomic mass is 9.77. The van der Waals surface area contributed by atoms with E-state index in [2.05, 4.69) is 15.9 Å². The van der Waals surface area contributed by atoms with Gasteiger partial charge in [-0.25, -0.2) is 0 Å². The second-order valence-electron chi connectivity index (χ2n) is 5.00. The number of benzene rings is 1. The van der Waals surface area contributed by atoms with Crippen molar-refractivity contribution in [1.82, 2.24) is 0 Å². The molecule has 2 rings (SSSR count). The smallest absolute Gasteiger partial charge is 0.175 e. The van der Waals surface area contributed by atoms with Gasteiger partial charge in [-0.3, -0.25) is 0 Å². The summed E-state index contributed by atoms with van der Waals surface area (Å²) in [5, 5.41) is 0.633. The average molecular weight is 349 g/mol. The predicted molar refractivity (Wildman–Crippen MR) is 81.2 cm³/mol. The number of halogens is 2. The van der Waals surface area contributed by atoms with Crippen molar-refractivity contribution in [3.05, 3.63) is 21.1 Å². The Hall–Kier alpha value is -0.450. The number of hydrogen-bond donors (Lipinski definition) is 1. The van der Waals surface area contributed by atoms with E-state index < -0.39 is 5.54 Å². The van der Waals surface area contributed by atoms with Crippen LogP contribution in [0.1, 0.15) is 37.7 Å². The Labute approximate surface area is 127 Å². The van der Waals surface area contributed by atoms with Gasteiger partial charge >= 0.3 is 0 Å². The first kappa shape index (κ1) is 14.9. The van der Waals surface area contributed by atoms with Crippen molar-refractivity contribution in [3.63, 3.8) is 0 Å². The first-order chi connectivity index (χ1) is 9.03. The van der Waals surface area contributed by atoms with E-state index in [0.29, 0.717) is 16.5 Å². The molecule has 0 atom stereocenters. The van der Waals surface area contributed by atoms with Crippen LogP contribution in [-0.4, -0.2) is 14.2 Å². The van der Waals surface area contributed by atoms with Gasteiger partial charge in [0.15, 0.2) is 11.5 Å². The third-order valence-electron chi connectivity index (χ3n) is 3.79. The maximum absolute atomic E-state index is 6.60. The molecule has 0 spiro atoms. The molecular formula is C14H19BrClNO2. The molecule has 3 nitrogen and oxygen atoms in total. The second kappa shape index (κ2) is 5.90. The summed E-state index contributed by atoms with van der Waals surface area (Å²) in [7, 11) is 3.24. The quantitative estimate of drug-likeness (QED) is 0.888. The highest BCUT2D eigenvalue weighted by Gasteiger charge is 2.36. The molecule has 1 aliphatic carbocycles.